The van der Waals surface area contributed by atoms with Gasteiger partial charge in [0.05, 0.1) is 5.54 Å². The fourth-order valence-corrected chi connectivity index (χ4v) is 3.08. The predicted molar refractivity (Wildman–Crippen MR) is 90.3 cm³/mol. The molecule has 6 heteroatoms. The molecule has 1 aromatic carbocycles. The summed E-state index contributed by atoms with van der Waals surface area (Å²) in [6.07, 6.45) is 1.61. The van der Waals surface area contributed by atoms with Crippen LogP contribution in [0.2, 0.25) is 0 Å². The molecule has 2 heterocycles. The number of hydrogen-bond acceptors (Lipinski definition) is 5. The maximum atomic E-state index is 12.5. The van der Waals surface area contributed by atoms with Crippen LogP contribution in [0.5, 0.6) is 0 Å². The summed E-state index contributed by atoms with van der Waals surface area (Å²) in [6, 6.07) is 8.36. The lowest BCUT2D eigenvalue weighted by Gasteiger charge is -2.37. The van der Waals surface area contributed by atoms with Gasteiger partial charge in [0.15, 0.2) is 5.58 Å². The molecule has 1 aromatic heterocycles. The number of fused-ring (bicyclic) bond motifs is 1. The van der Waals surface area contributed by atoms with Crippen molar-refractivity contribution in [1.29, 1.82) is 0 Å². The molecule has 0 saturated carbocycles. The van der Waals surface area contributed by atoms with E-state index in [4.69, 9.17) is 10.2 Å². The number of aromatic nitrogens is 1. The van der Waals surface area contributed by atoms with Gasteiger partial charge in [0.2, 0.25) is 5.91 Å². The first kappa shape index (κ1) is 15.8. The zero-order chi connectivity index (χ0) is 16.4. The number of carbonyl (C=O) groups is 1. The van der Waals surface area contributed by atoms with Gasteiger partial charge in [-0.25, -0.2) is 0 Å². The summed E-state index contributed by atoms with van der Waals surface area (Å²) in [5, 5.41) is 0. The summed E-state index contributed by atoms with van der Waals surface area (Å²) in [7, 11) is 0. The molecule has 2 aromatic rings. The van der Waals surface area contributed by atoms with E-state index in [-0.39, 0.29) is 5.91 Å². The lowest BCUT2D eigenvalue weighted by Crippen LogP contribution is -2.58. The van der Waals surface area contributed by atoms with Gasteiger partial charge < -0.3 is 20.0 Å². The summed E-state index contributed by atoms with van der Waals surface area (Å²) in [5.41, 5.74) is 7.04. The Morgan fingerprint density at radius 3 is 2.65 bits per heavy atom. The van der Waals surface area contributed by atoms with Crippen LogP contribution < -0.4 is 10.6 Å². The lowest BCUT2D eigenvalue weighted by atomic mass is 9.95. The van der Waals surface area contributed by atoms with Crippen LogP contribution >= 0.6 is 0 Å². The number of carbonyl (C=O) groups excluding carboxylic acids is 1. The Kier molecular flexibility index (Phi) is 4.26. The second kappa shape index (κ2) is 6.20. The van der Waals surface area contributed by atoms with Crippen LogP contribution in [0.15, 0.2) is 28.7 Å². The third kappa shape index (κ3) is 3.17. The van der Waals surface area contributed by atoms with Crippen molar-refractivity contribution in [3.8, 4) is 0 Å². The predicted octanol–water partition coefficient (Wildman–Crippen LogP) is 1.99. The van der Waals surface area contributed by atoms with E-state index in [1.54, 1.807) is 0 Å². The molecular weight excluding hydrogens is 292 g/mol. The van der Waals surface area contributed by atoms with Gasteiger partial charge in [-0.2, -0.15) is 4.98 Å². The quantitative estimate of drug-likeness (QED) is 0.933. The Balaban J connectivity index is 1.65. The van der Waals surface area contributed by atoms with Crippen LogP contribution in [-0.2, 0) is 4.79 Å². The van der Waals surface area contributed by atoms with Crippen LogP contribution in [0.3, 0.4) is 0 Å². The van der Waals surface area contributed by atoms with Crippen molar-refractivity contribution < 1.29 is 9.21 Å². The highest BCUT2D eigenvalue weighted by molar-refractivity contribution is 5.86. The molecule has 0 aliphatic carbocycles. The highest BCUT2D eigenvalue weighted by atomic mass is 16.4. The Labute approximate surface area is 136 Å². The molecule has 3 rings (SSSR count). The largest absolute Gasteiger partial charge is 0.423 e. The standard InChI is InChI=1S/C17H24N4O2/c1-3-8-17(2,18)15(22)20-9-11-21(12-10-20)16-19-13-6-4-5-7-14(13)23-16/h4-7H,3,8-12,18H2,1-2H3. The number of nitrogens with zero attached hydrogens (tertiary/aromatic N) is 3. The average Bonchev–Trinajstić information content (AvgIpc) is 2.98. The van der Waals surface area contributed by atoms with Gasteiger partial charge >= 0.3 is 0 Å². The number of amides is 1. The molecule has 2 N–H and O–H groups in total. The first-order chi connectivity index (χ1) is 11.0. The summed E-state index contributed by atoms with van der Waals surface area (Å²) in [4.78, 5) is 21.0. The van der Waals surface area contributed by atoms with Crippen molar-refractivity contribution in [2.24, 2.45) is 5.73 Å². The maximum Gasteiger partial charge on any atom is 0.298 e. The highest BCUT2D eigenvalue weighted by Crippen LogP contribution is 2.23. The number of hydrogen-bond donors (Lipinski definition) is 1. The molecule has 1 aliphatic rings. The van der Waals surface area contributed by atoms with Gasteiger partial charge in [0.1, 0.15) is 5.52 Å². The zero-order valence-electron chi connectivity index (χ0n) is 13.8. The summed E-state index contributed by atoms with van der Waals surface area (Å²) in [6.45, 7) is 6.58. The molecule has 6 nitrogen and oxygen atoms in total. The lowest BCUT2D eigenvalue weighted by molar-refractivity contribution is -0.137. The van der Waals surface area contributed by atoms with Crippen molar-refractivity contribution in [1.82, 2.24) is 9.88 Å². The first-order valence-electron chi connectivity index (χ1n) is 8.20. The molecule has 0 spiro atoms. The van der Waals surface area contributed by atoms with E-state index in [1.807, 2.05) is 43.0 Å². The summed E-state index contributed by atoms with van der Waals surface area (Å²) < 4.78 is 5.80. The SMILES string of the molecule is CCCC(C)(N)C(=O)N1CCN(c2nc3ccccc3o2)CC1. The van der Waals surface area contributed by atoms with Gasteiger partial charge in [-0.05, 0) is 25.5 Å². The van der Waals surface area contributed by atoms with Crippen molar-refractivity contribution in [3.63, 3.8) is 0 Å². The minimum Gasteiger partial charge on any atom is -0.423 e. The number of piperazine rings is 1. The van der Waals surface area contributed by atoms with E-state index >= 15 is 0 Å². The number of para-hydroxylation sites is 2. The second-order valence-corrected chi connectivity index (χ2v) is 6.41. The molecule has 1 fully saturated rings. The first-order valence-corrected chi connectivity index (χ1v) is 8.20. The van der Waals surface area contributed by atoms with Crippen LogP contribution in [0, 0.1) is 0 Å². The fourth-order valence-electron chi connectivity index (χ4n) is 3.08. The van der Waals surface area contributed by atoms with E-state index in [1.165, 1.54) is 0 Å². The average molecular weight is 316 g/mol. The topological polar surface area (TPSA) is 75.6 Å². The Morgan fingerprint density at radius 2 is 2.00 bits per heavy atom. The molecule has 1 aliphatic heterocycles. The van der Waals surface area contributed by atoms with Gasteiger partial charge in [0, 0.05) is 26.2 Å². The highest BCUT2D eigenvalue weighted by Gasteiger charge is 2.34. The number of rotatable bonds is 4. The molecule has 1 unspecified atom stereocenters. The Hall–Kier alpha value is -2.08. The van der Waals surface area contributed by atoms with Crippen molar-refractivity contribution in [3.05, 3.63) is 24.3 Å². The van der Waals surface area contributed by atoms with E-state index in [9.17, 15) is 4.79 Å². The third-order valence-corrected chi connectivity index (χ3v) is 4.38. The van der Waals surface area contributed by atoms with Gasteiger partial charge in [-0.3, -0.25) is 4.79 Å². The van der Waals surface area contributed by atoms with Crippen molar-refractivity contribution >= 4 is 23.0 Å². The van der Waals surface area contributed by atoms with Gasteiger partial charge in [-0.15, -0.1) is 0 Å². The summed E-state index contributed by atoms with van der Waals surface area (Å²) in [5.74, 6) is 0.0385. The molecule has 0 bridgehead atoms. The molecule has 1 atom stereocenters. The van der Waals surface area contributed by atoms with Gasteiger partial charge in [0.25, 0.3) is 6.01 Å². The minimum absolute atomic E-state index is 0.0385. The van der Waals surface area contributed by atoms with E-state index < -0.39 is 5.54 Å². The fraction of sp³-hybridized carbons (Fsp3) is 0.529. The maximum absolute atomic E-state index is 12.5. The van der Waals surface area contributed by atoms with Crippen molar-refractivity contribution in [2.45, 2.75) is 32.2 Å². The second-order valence-electron chi connectivity index (χ2n) is 6.41. The number of nitrogens with two attached hydrogens (primary N) is 1. The minimum atomic E-state index is -0.769. The number of benzene rings is 1. The van der Waals surface area contributed by atoms with Crippen LogP contribution in [0.4, 0.5) is 6.01 Å². The number of oxazole rings is 1. The molecule has 1 amide bonds. The van der Waals surface area contributed by atoms with Crippen LogP contribution in [-0.4, -0.2) is 47.5 Å². The summed E-state index contributed by atoms with van der Waals surface area (Å²) >= 11 is 0. The molecule has 23 heavy (non-hydrogen) atoms. The third-order valence-electron chi connectivity index (χ3n) is 4.38. The molecule has 124 valence electrons. The van der Waals surface area contributed by atoms with Crippen LogP contribution in [0.1, 0.15) is 26.7 Å². The normalized spacial score (nSPS) is 18.2. The Bertz CT molecular complexity index is 654. The van der Waals surface area contributed by atoms with Gasteiger partial charge in [-0.1, -0.05) is 25.5 Å². The van der Waals surface area contributed by atoms with E-state index in [0.717, 1.165) is 17.5 Å². The van der Waals surface area contributed by atoms with Crippen molar-refractivity contribution in [2.75, 3.05) is 31.1 Å². The number of anilines is 1. The molecular formula is C17H24N4O2. The van der Waals surface area contributed by atoms with Crippen LogP contribution in [0.25, 0.3) is 11.1 Å². The smallest absolute Gasteiger partial charge is 0.298 e. The monoisotopic (exact) mass is 316 g/mol. The molecule has 0 radical (unpaired) electrons. The Morgan fingerprint density at radius 1 is 1.30 bits per heavy atom. The zero-order valence-corrected chi connectivity index (χ0v) is 13.8. The van der Waals surface area contributed by atoms with E-state index in [2.05, 4.69) is 9.88 Å². The van der Waals surface area contributed by atoms with E-state index in [0.29, 0.717) is 38.6 Å². The molecule has 1 saturated heterocycles.